The van der Waals surface area contributed by atoms with Gasteiger partial charge in [-0.1, -0.05) is 0 Å². The number of oxazole rings is 1. The summed E-state index contributed by atoms with van der Waals surface area (Å²) >= 11 is 0. The summed E-state index contributed by atoms with van der Waals surface area (Å²) < 4.78 is 5.04. The monoisotopic (exact) mass is 193 g/mol. The summed E-state index contributed by atoms with van der Waals surface area (Å²) in [5.74, 6) is 0.178. The van der Waals surface area contributed by atoms with Crippen LogP contribution in [0.2, 0.25) is 0 Å². The van der Waals surface area contributed by atoms with Crippen molar-refractivity contribution in [2.24, 2.45) is 5.41 Å². The number of nitriles is 1. The Morgan fingerprint density at radius 1 is 1.71 bits per heavy atom. The topological polar surface area (TPSA) is 78.9 Å². The number of carbonyl (C=O) groups excluding carboxylic acids is 1. The van der Waals surface area contributed by atoms with Crippen molar-refractivity contribution in [3.63, 3.8) is 0 Å². The molecule has 0 bridgehead atoms. The number of amides is 1. The molecule has 5 heteroatoms. The quantitative estimate of drug-likeness (QED) is 0.771. The van der Waals surface area contributed by atoms with E-state index in [1.54, 1.807) is 6.92 Å². The van der Waals surface area contributed by atoms with Crippen LogP contribution < -0.4 is 5.32 Å². The standard InChI is InChI=1S/C9H11N3O2/c1-6-4-11-8(14-6)12-7(13)9(2,3)5-10/h4H,1-3H3,(H,11,12,13). The highest BCUT2D eigenvalue weighted by atomic mass is 16.4. The van der Waals surface area contributed by atoms with Crippen molar-refractivity contribution in [3.8, 4) is 6.07 Å². The van der Waals surface area contributed by atoms with Gasteiger partial charge in [0, 0.05) is 0 Å². The zero-order valence-electron chi connectivity index (χ0n) is 8.29. The molecule has 0 saturated heterocycles. The van der Waals surface area contributed by atoms with E-state index in [0.717, 1.165) is 0 Å². The van der Waals surface area contributed by atoms with Gasteiger partial charge in [-0.05, 0) is 20.8 Å². The zero-order valence-corrected chi connectivity index (χ0v) is 8.29. The number of nitrogens with one attached hydrogen (secondary N) is 1. The molecule has 1 aromatic rings. The zero-order chi connectivity index (χ0) is 10.8. The lowest BCUT2D eigenvalue weighted by atomic mass is 9.95. The van der Waals surface area contributed by atoms with Gasteiger partial charge in [0.1, 0.15) is 11.2 Å². The predicted molar refractivity (Wildman–Crippen MR) is 49.3 cm³/mol. The van der Waals surface area contributed by atoms with Crippen molar-refractivity contribution in [2.75, 3.05) is 5.32 Å². The molecule has 0 fully saturated rings. The van der Waals surface area contributed by atoms with Crippen molar-refractivity contribution >= 4 is 11.9 Å². The van der Waals surface area contributed by atoms with Crippen LogP contribution in [0.1, 0.15) is 19.6 Å². The number of hydrogen-bond acceptors (Lipinski definition) is 4. The van der Waals surface area contributed by atoms with E-state index in [1.807, 2.05) is 6.07 Å². The van der Waals surface area contributed by atoms with Gasteiger partial charge in [-0.3, -0.25) is 10.1 Å². The average molecular weight is 193 g/mol. The van der Waals surface area contributed by atoms with Crippen molar-refractivity contribution < 1.29 is 9.21 Å². The van der Waals surface area contributed by atoms with Gasteiger partial charge >= 0.3 is 6.01 Å². The van der Waals surface area contributed by atoms with Gasteiger partial charge in [-0.2, -0.15) is 5.26 Å². The van der Waals surface area contributed by atoms with Gasteiger partial charge in [0.15, 0.2) is 0 Å². The van der Waals surface area contributed by atoms with Crippen molar-refractivity contribution in [1.29, 1.82) is 5.26 Å². The Morgan fingerprint density at radius 3 is 2.79 bits per heavy atom. The lowest BCUT2D eigenvalue weighted by Crippen LogP contribution is -2.29. The number of carbonyl (C=O) groups is 1. The van der Waals surface area contributed by atoms with Gasteiger partial charge in [0.25, 0.3) is 0 Å². The SMILES string of the molecule is Cc1cnc(NC(=O)C(C)(C)C#N)o1. The minimum absolute atomic E-state index is 0.121. The van der Waals surface area contributed by atoms with Gasteiger partial charge in [-0.25, -0.2) is 4.98 Å². The molecule has 0 aliphatic carbocycles. The van der Waals surface area contributed by atoms with E-state index in [4.69, 9.17) is 9.68 Å². The second-order valence-electron chi connectivity index (χ2n) is 3.47. The summed E-state index contributed by atoms with van der Waals surface area (Å²) in [5.41, 5.74) is -1.08. The smallest absolute Gasteiger partial charge is 0.301 e. The van der Waals surface area contributed by atoms with Gasteiger partial charge < -0.3 is 4.42 Å². The molecular formula is C9H11N3O2. The maximum absolute atomic E-state index is 11.4. The average Bonchev–Trinajstić information content (AvgIpc) is 2.51. The molecule has 5 nitrogen and oxygen atoms in total. The van der Waals surface area contributed by atoms with E-state index in [-0.39, 0.29) is 6.01 Å². The first-order valence-corrected chi connectivity index (χ1v) is 4.11. The highest BCUT2D eigenvalue weighted by Crippen LogP contribution is 2.16. The lowest BCUT2D eigenvalue weighted by Gasteiger charge is -2.12. The second kappa shape index (κ2) is 3.50. The molecule has 74 valence electrons. The molecular weight excluding hydrogens is 182 g/mol. The van der Waals surface area contributed by atoms with Crippen molar-refractivity contribution in [2.45, 2.75) is 20.8 Å². The number of rotatable bonds is 2. The molecule has 0 radical (unpaired) electrons. The number of anilines is 1. The van der Waals surface area contributed by atoms with Crippen LogP contribution in [0.5, 0.6) is 0 Å². The Morgan fingerprint density at radius 2 is 2.36 bits per heavy atom. The van der Waals surface area contributed by atoms with E-state index in [9.17, 15) is 4.79 Å². The van der Waals surface area contributed by atoms with Crippen molar-refractivity contribution in [3.05, 3.63) is 12.0 Å². The molecule has 0 unspecified atom stereocenters. The minimum atomic E-state index is -1.08. The summed E-state index contributed by atoms with van der Waals surface area (Å²) in [4.78, 5) is 15.2. The van der Waals surface area contributed by atoms with E-state index >= 15 is 0 Å². The van der Waals surface area contributed by atoms with Crippen LogP contribution in [-0.2, 0) is 4.79 Å². The molecule has 0 aliphatic heterocycles. The first-order chi connectivity index (χ1) is 6.45. The minimum Gasteiger partial charge on any atom is -0.429 e. The fraction of sp³-hybridized carbons (Fsp3) is 0.444. The molecule has 0 aromatic carbocycles. The fourth-order valence-electron chi connectivity index (χ4n) is 0.717. The summed E-state index contributed by atoms with van der Waals surface area (Å²) in [6.07, 6.45) is 1.50. The molecule has 0 spiro atoms. The van der Waals surface area contributed by atoms with Gasteiger partial charge in [0.2, 0.25) is 5.91 Å². The third-order valence-corrected chi connectivity index (χ3v) is 1.69. The maximum Gasteiger partial charge on any atom is 0.301 e. The molecule has 1 aromatic heterocycles. The second-order valence-corrected chi connectivity index (χ2v) is 3.47. The van der Waals surface area contributed by atoms with Crippen LogP contribution in [0.4, 0.5) is 6.01 Å². The summed E-state index contributed by atoms with van der Waals surface area (Å²) in [7, 11) is 0. The third-order valence-electron chi connectivity index (χ3n) is 1.69. The summed E-state index contributed by atoms with van der Waals surface area (Å²) in [6, 6.07) is 2.01. The number of nitrogens with zero attached hydrogens (tertiary/aromatic N) is 2. The number of hydrogen-bond donors (Lipinski definition) is 1. The summed E-state index contributed by atoms with van der Waals surface area (Å²) in [6.45, 7) is 4.77. The van der Waals surface area contributed by atoms with Crippen LogP contribution in [0, 0.1) is 23.7 Å². The molecule has 1 N–H and O–H groups in total. The molecule has 1 heterocycles. The van der Waals surface area contributed by atoms with Crippen LogP contribution in [-0.4, -0.2) is 10.9 Å². The van der Waals surface area contributed by atoms with E-state index < -0.39 is 11.3 Å². The first-order valence-electron chi connectivity index (χ1n) is 4.11. The first kappa shape index (κ1) is 10.3. The van der Waals surface area contributed by atoms with Crippen LogP contribution in [0.15, 0.2) is 10.6 Å². The van der Waals surface area contributed by atoms with Crippen LogP contribution in [0.3, 0.4) is 0 Å². The Kier molecular flexibility index (Phi) is 2.56. The lowest BCUT2D eigenvalue weighted by molar-refractivity contribution is -0.121. The Balaban J connectivity index is 2.72. The predicted octanol–water partition coefficient (Wildman–Crippen LogP) is 1.47. The van der Waals surface area contributed by atoms with E-state index in [0.29, 0.717) is 5.76 Å². The Bertz CT molecular complexity index is 387. The van der Waals surface area contributed by atoms with Gasteiger partial charge in [-0.15, -0.1) is 0 Å². The molecule has 1 amide bonds. The molecule has 1 rings (SSSR count). The van der Waals surface area contributed by atoms with E-state index in [2.05, 4.69) is 10.3 Å². The third kappa shape index (κ3) is 2.10. The Hall–Kier alpha value is -1.83. The molecule has 0 saturated carbocycles. The molecule has 0 aliphatic rings. The Labute approximate surface area is 81.7 Å². The largest absolute Gasteiger partial charge is 0.429 e. The molecule has 14 heavy (non-hydrogen) atoms. The summed E-state index contributed by atoms with van der Waals surface area (Å²) in [5, 5.41) is 11.1. The number of aromatic nitrogens is 1. The van der Waals surface area contributed by atoms with Crippen molar-refractivity contribution in [1.82, 2.24) is 4.98 Å². The molecule has 0 atom stereocenters. The maximum atomic E-state index is 11.4. The van der Waals surface area contributed by atoms with Crippen LogP contribution in [0.25, 0.3) is 0 Å². The number of aryl methyl sites for hydroxylation is 1. The van der Waals surface area contributed by atoms with Crippen LogP contribution >= 0.6 is 0 Å². The van der Waals surface area contributed by atoms with E-state index in [1.165, 1.54) is 20.0 Å². The normalized spacial score (nSPS) is 10.7. The fourth-order valence-corrected chi connectivity index (χ4v) is 0.717. The highest BCUT2D eigenvalue weighted by Gasteiger charge is 2.28. The highest BCUT2D eigenvalue weighted by molar-refractivity contribution is 5.94. The van der Waals surface area contributed by atoms with Gasteiger partial charge in [0.05, 0.1) is 12.3 Å².